The molecule has 2 aromatic carbocycles. The van der Waals surface area contributed by atoms with Crippen LogP contribution >= 0.6 is 0 Å². The highest BCUT2D eigenvalue weighted by molar-refractivity contribution is 5.90. The van der Waals surface area contributed by atoms with E-state index in [1.165, 1.54) is 17.2 Å². The molecular weight excluding hydrogens is 329 g/mol. The molecule has 1 N–H and O–H groups in total. The summed E-state index contributed by atoms with van der Waals surface area (Å²) in [5.41, 5.74) is 2.96. The van der Waals surface area contributed by atoms with Crippen LogP contribution in [0.3, 0.4) is 0 Å². The predicted octanol–water partition coefficient (Wildman–Crippen LogP) is 3.28. The van der Waals surface area contributed by atoms with Crippen LogP contribution in [-0.4, -0.2) is 48.4 Å². The van der Waals surface area contributed by atoms with Crippen molar-refractivity contribution in [1.82, 2.24) is 9.80 Å². The molecule has 138 valence electrons. The van der Waals surface area contributed by atoms with E-state index in [4.69, 9.17) is 0 Å². The van der Waals surface area contributed by atoms with Gasteiger partial charge in [-0.25, -0.2) is 4.39 Å². The zero-order valence-electron chi connectivity index (χ0n) is 15.2. The van der Waals surface area contributed by atoms with Crippen molar-refractivity contribution in [3.63, 3.8) is 0 Å². The van der Waals surface area contributed by atoms with Crippen LogP contribution < -0.4 is 5.32 Å². The summed E-state index contributed by atoms with van der Waals surface area (Å²) in [4.78, 5) is 16.8. The molecule has 1 saturated heterocycles. The van der Waals surface area contributed by atoms with Crippen LogP contribution in [0.2, 0.25) is 0 Å². The van der Waals surface area contributed by atoms with Crippen molar-refractivity contribution >= 4 is 11.6 Å². The minimum absolute atomic E-state index is 0.141. The Hall–Kier alpha value is -2.24. The molecule has 2 aromatic rings. The molecule has 1 amide bonds. The first kappa shape index (κ1) is 18.5. The Morgan fingerprint density at radius 1 is 1.00 bits per heavy atom. The Kier molecular flexibility index (Phi) is 6.36. The monoisotopic (exact) mass is 355 g/mol. The van der Waals surface area contributed by atoms with E-state index in [9.17, 15) is 9.18 Å². The number of piperazine rings is 1. The molecule has 0 radical (unpaired) electrons. The summed E-state index contributed by atoms with van der Waals surface area (Å²) in [5, 5.41) is 2.65. The zero-order chi connectivity index (χ0) is 18.4. The normalized spacial score (nSPS) is 15.8. The van der Waals surface area contributed by atoms with Gasteiger partial charge < -0.3 is 10.2 Å². The van der Waals surface area contributed by atoms with E-state index in [2.05, 4.69) is 46.3 Å². The fourth-order valence-electron chi connectivity index (χ4n) is 3.23. The van der Waals surface area contributed by atoms with Crippen LogP contribution in [0.4, 0.5) is 10.1 Å². The van der Waals surface area contributed by atoms with Crippen LogP contribution in [0.15, 0.2) is 48.5 Å². The number of para-hydroxylation sites is 1. The SMILES string of the molecule is Cc1ccccc1CN1CCN(CCC(=O)Nc2ccccc2F)CC1. The molecule has 0 atom stereocenters. The number of hydrogen-bond acceptors (Lipinski definition) is 3. The van der Waals surface area contributed by atoms with E-state index in [1.807, 2.05) is 0 Å². The van der Waals surface area contributed by atoms with Crippen LogP contribution in [0.5, 0.6) is 0 Å². The maximum atomic E-state index is 13.6. The lowest BCUT2D eigenvalue weighted by molar-refractivity contribution is -0.116. The third-order valence-corrected chi connectivity index (χ3v) is 4.92. The highest BCUT2D eigenvalue weighted by Crippen LogP contribution is 2.14. The van der Waals surface area contributed by atoms with Crippen molar-refractivity contribution in [2.75, 3.05) is 38.0 Å². The number of amides is 1. The minimum Gasteiger partial charge on any atom is -0.324 e. The topological polar surface area (TPSA) is 35.6 Å². The Morgan fingerprint density at radius 3 is 2.38 bits per heavy atom. The fraction of sp³-hybridized carbons (Fsp3) is 0.381. The molecule has 1 aliphatic rings. The number of carbonyl (C=O) groups excluding carboxylic acids is 1. The lowest BCUT2D eigenvalue weighted by Crippen LogP contribution is -2.46. The summed E-state index contributed by atoms with van der Waals surface area (Å²) < 4.78 is 13.6. The quantitative estimate of drug-likeness (QED) is 0.864. The lowest BCUT2D eigenvalue weighted by atomic mass is 10.1. The van der Waals surface area contributed by atoms with Gasteiger partial charge in [-0.1, -0.05) is 36.4 Å². The second kappa shape index (κ2) is 8.92. The summed E-state index contributed by atoms with van der Waals surface area (Å²) in [6, 6.07) is 14.8. The van der Waals surface area contributed by atoms with Crippen molar-refractivity contribution in [1.29, 1.82) is 0 Å². The first-order chi connectivity index (χ1) is 12.6. The molecule has 3 rings (SSSR count). The highest BCUT2D eigenvalue weighted by atomic mass is 19.1. The first-order valence-electron chi connectivity index (χ1n) is 9.15. The molecule has 1 fully saturated rings. The Balaban J connectivity index is 1.39. The molecular formula is C21H26FN3O. The van der Waals surface area contributed by atoms with Crippen molar-refractivity contribution in [3.05, 3.63) is 65.5 Å². The molecule has 1 aliphatic heterocycles. The van der Waals surface area contributed by atoms with E-state index in [1.54, 1.807) is 18.2 Å². The number of halogens is 1. The fourth-order valence-corrected chi connectivity index (χ4v) is 3.23. The molecule has 1 heterocycles. The predicted molar refractivity (Wildman–Crippen MR) is 103 cm³/mol. The van der Waals surface area contributed by atoms with Gasteiger partial charge in [0.25, 0.3) is 0 Å². The number of anilines is 1. The van der Waals surface area contributed by atoms with Crippen molar-refractivity contribution in [2.45, 2.75) is 19.9 Å². The van der Waals surface area contributed by atoms with Gasteiger partial charge in [-0.15, -0.1) is 0 Å². The van der Waals surface area contributed by atoms with E-state index >= 15 is 0 Å². The van der Waals surface area contributed by atoms with Gasteiger partial charge >= 0.3 is 0 Å². The zero-order valence-corrected chi connectivity index (χ0v) is 15.2. The van der Waals surface area contributed by atoms with Gasteiger partial charge in [0.1, 0.15) is 5.82 Å². The second-order valence-electron chi connectivity index (χ2n) is 6.82. The molecule has 0 saturated carbocycles. The van der Waals surface area contributed by atoms with Gasteiger partial charge in [-0.3, -0.25) is 9.69 Å². The summed E-state index contributed by atoms with van der Waals surface area (Å²) >= 11 is 0. The van der Waals surface area contributed by atoms with Gasteiger partial charge in [-0.2, -0.15) is 0 Å². The second-order valence-corrected chi connectivity index (χ2v) is 6.82. The standard InChI is InChI=1S/C21H26FN3O/c1-17-6-2-3-7-18(17)16-25-14-12-24(13-15-25)11-10-21(26)23-20-9-5-4-8-19(20)22/h2-9H,10-16H2,1H3,(H,23,26). The van der Waals surface area contributed by atoms with Crippen LogP contribution in [-0.2, 0) is 11.3 Å². The van der Waals surface area contributed by atoms with Gasteiger partial charge in [-0.05, 0) is 30.2 Å². The maximum absolute atomic E-state index is 13.6. The number of rotatable bonds is 6. The number of hydrogen-bond donors (Lipinski definition) is 1. The molecule has 0 aliphatic carbocycles. The molecule has 0 unspecified atom stereocenters. The highest BCUT2D eigenvalue weighted by Gasteiger charge is 2.18. The summed E-state index contributed by atoms with van der Waals surface area (Å²) in [6.45, 7) is 7.76. The summed E-state index contributed by atoms with van der Waals surface area (Å²) in [5.74, 6) is -0.539. The molecule has 0 spiro atoms. The van der Waals surface area contributed by atoms with Gasteiger partial charge in [0.2, 0.25) is 5.91 Å². The minimum atomic E-state index is -0.398. The number of benzene rings is 2. The largest absolute Gasteiger partial charge is 0.324 e. The molecule has 0 aromatic heterocycles. The maximum Gasteiger partial charge on any atom is 0.225 e. The number of aryl methyl sites for hydroxylation is 1. The summed E-state index contributed by atoms with van der Waals surface area (Å²) in [6.07, 6.45) is 0.381. The van der Waals surface area contributed by atoms with E-state index in [-0.39, 0.29) is 11.6 Å². The molecule has 5 heteroatoms. The third-order valence-electron chi connectivity index (χ3n) is 4.92. The smallest absolute Gasteiger partial charge is 0.225 e. The molecule has 26 heavy (non-hydrogen) atoms. The number of carbonyl (C=O) groups is 1. The van der Waals surface area contributed by atoms with Crippen molar-refractivity contribution in [3.8, 4) is 0 Å². The average Bonchev–Trinajstić information content (AvgIpc) is 2.65. The van der Waals surface area contributed by atoms with Crippen LogP contribution in [0.25, 0.3) is 0 Å². The molecule has 4 nitrogen and oxygen atoms in total. The van der Waals surface area contributed by atoms with Crippen molar-refractivity contribution in [2.24, 2.45) is 0 Å². The van der Waals surface area contributed by atoms with Crippen molar-refractivity contribution < 1.29 is 9.18 Å². The van der Waals surface area contributed by atoms with Crippen LogP contribution in [0, 0.1) is 12.7 Å². The van der Waals surface area contributed by atoms with E-state index < -0.39 is 5.82 Å². The third kappa shape index (κ3) is 5.13. The Bertz CT molecular complexity index is 742. The van der Waals surface area contributed by atoms with E-state index in [0.717, 1.165) is 32.7 Å². The Morgan fingerprint density at radius 2 is 1.65 bits per heavy atom. The van der Waals surface area contributed by atoms with E-state index in [0.29, 0.717) is 13.0 Å². The lowest BCUT2D eigenvalue weighted by Gasteiger charge is -2.34. The Labute approximate surface area is 154 Å². The number of nitrogens with one attached hydrogen (secondary N) is 1. The van der Waals surface area contributed by atoms with Gasteiger partial charge in [0.05, 0.1) is 5.69 Å². The average molecular weight is 355 g/mol. The first-order valence-corrected chi connectivity index (χ1v) is 9.15. The number of nitrogens with zero attached hydrogens (tertiary/aromatic N) is 2. The van der Waals surface area contributed by atoms with Gasteiger partial charge in [0.15, 0.2) is 0 Å². The molecule has 0 bridgehead atoms. The van der Waals surface area contributed by atoms with Crippen LogP contribution in [0.1, 0.15) is 17.5 Å². The van der Waals surface area contributed by atoms with Gasteiger partial charge in [0, 0.05) is 45.7 Å². The summed E-state index contributed by atoms with van der Waals surface area (Å²) in [7, 11) is 0.